The van der Waals surface area contributed by atoms with Gasteiger partial charge in [0.25, 0.3) is 0 Å². The Morgan fingerprint density at radius 2 is 1.96 bits per heavy atom. The summed E-state index contributed by atoms with van der Waals surface area (Å²) in [6.45, 7) is 10.5. The second-order valence-electron chi connectivity index (χ2n) is 6.19. The van der Waals surface area contributed by atoms with Crippen LogP contribution in [0.25, 0.3) is 0 Å². The fourth-order valence-corrected chi connectivity index (χ4v) is 2.96. The molecule has 2 N–H and O–H groups in total. The number of guanidine groups is 1. The molecule has 0 radical (unpaired) electrons. The predicted molar refractivity (Wildman–Crippen MR) is 98.9 cm³/mol. The molecule has 4 nitrogen and oxygen atoms in total. The minimum Gasteiger partial charge on any atom is -0.357 e. The van der Waals surface area contributed by atoms with Gasteiger partial charge in [0, 0.05) is 39.3 Å². The average Bonchev–Trinajstić information content (AvgIpc) is 2.58. The van der Waals surface area contributed by atoms with Gasteiger partial charge in [0.2, 0.25) is 0 Å². The second-order valence-corrected chi connectivity index (χ2v) is 6.19. The maximum Gasteiger partial charge on any atom is 0.191 e. The van der Waals surface area contributed by atoms with Gasteiger partial charge in [0.1, 0.15) is 0 Å². The van der Waals surface area contributed by atoms with Crippen LogP contribution in [0, 0.1) is 0 Å². The molecule has 1 aromatic rings. The SMILES string of the molecule is CCCCNC(=NCCCN1CCc2ccccc2C1)NCC. The van der Waals surface area contributed by atoms with Crippen molar-refractivity contribution < 1.29 is 0 Å². The van der Waals surface area contributed by atoms with Gasteiger partial charge < -0.3 is 10.6 Å². The van der Waals surface area contributed by atoms with E-state index in [0.29, 0.717) is 0 Å². The van der Waals surface area contributed by atoms with Crippen LogP contribution in [-0.4, -0.2) is 43.6 Å². The van der Waals surface area contributed by atoms with Gasteiger partial charge in [0.05, 0.1) is 0 Å². The standard InChI is InChI=1S/C19H32N4/c1-3-5-12-21-19(20-4-2)22-13-8-14-23-15-11-17-9-6-7-10-18(17)16-23/h6-7,9-10H,3-5,8,11-16H2,1-2H3,(H2,20,21,22). The van der Waals surface area contributed by atoms with Gasteiger partial charge in [-0.3, -0.25) is 9.89 Å². The number of nitrogens with one attached hydrogen (secondary N) is 2. The van der Waals surface area contributed by atoms with Crippen molar-refractivity contribution in [1.82, 2.24) is 15.5 Å². The molecule has 0 spiro atoms. The molecule has 0 atom stereocenters. The van der Waals surface area contributed by atoms with Crippen LogP contribution in [-0.2, 0) is 13.0 Å². The van der Waals surface area contributed by atoms with E-state index in [1.54, 1.807) is 0 Å². The smallest absolute Gasteiger partial charge is 0.191 e. The van der Waals surface area contributed by atoms with Gasteiger partial charge in [0.15, 0.2) is 5.96 Å². The first-order valence-corrected chi connectivity index (χ1v) is 9.14. The Bertz CT molecular complexity index is 484. The van der Waals surface area contributed by atoms with Crippen LogP contribution < -0.4 is 10.6 Å². The lowest BCUT2D eigenvalue weighted by Gasteiger charge is -2.28. The molecule has 0 saturated heterocycles. The third kappa shape index (κ3) is 6.22. The maximum absolute atomic E-state index is 4.68. The Balaban J connectivity index is 1.70. The van der Waals surface area contributed by atoms with Gasteiger partial charge in [-0.05, 0) is 37.3 Å². The number of hydrogen-bond donors (Lipinski definition) is 2. The molecule has 0 aliphatic carbocycles. The summed E-state index contributed by atoms with van der Waals surface area (Å²) in [6, 6.07) is 8.83. The topological polar surface area (TPSA) is 39.7 Å². The zero-order chi connectivity index (χ0) is 16.3. The average molecular weight is 316 g/mol. The Morgan fingerprint density at radius 1 is 1.13 bits per heavy atom. The predicted octanol–water partition coefficient (Wildman–Crippen LogP) is 2.79. The fourth-order valence-electron chi connectivity index (χ4n) is 2.96. The maximum atomic E-state index is 4.68. The van der Waals surface area contributed by atoms with E-state index in [9.17, 15) is 0 Å². The Kier molecular flexibility index (Phi) is 7.95. The Labute approximate surface area is 141 Å². The number of nitrogens with zero attached hydrogens (tertiary/aromatic N) is 2. The lowest BCUT2D eigenvalue weighted by molar-refractivity contribution is 0.252. The van der Waals surface area contributed by atoms with Gasteiger partial charge >= 0.3 is 0 Å². The second kappa shape index (κ2) is 10.3. The quantitative estimate of drug-likeness (QED) is 0.440. The van der Waals surface area contributed by atoms with Gasteiger partial charge in [-0.1, -0.05) is 37.6 Å². The first kappa shape index (κ1) is 17.8. The summed E-state index contributed by atoms with van der Waals surface area (Å²) in [5.74, 6) is 0.963. The zero-order valence-corrected chi connectivity index (χ0v) is 14.8. The molecule has 0 bridgehead atoms. The molecule has 23 heavy (non-hydrogen) atoms. The molecular weight excluding hydrogens is 284 g/mol. The highest BCUT2D eigenvalue weighted by atomic mass is 15.2. The van der Waals surface area contributed by atoms with E-state index in [2.05, 4.69) is 58.6 Å². The summed E-state index contributed by atoms with van der Waals surface area (Å²) >= 11 is 0. The van der Waals surface area contributed by atoms with Crippen LogP contribution in [0.5, 0.6) is 0 Å². The highest BCUT2D eigenvalue weighted by molar-refractivity contribution is 5.79. The van der Waals surface area contributed by atoms with Crippen molar-refractivity contribution in [3.63, 3.8) is 0 Å². The largest absolute Gasteiger partial charge is 0.357 e. The highest BCUT2D eigenvalue weighted by Gasteiger charge is 2.14. The van der Waals surface area contributed by atoms with Crippen molar-refractivity contribution in [2.45, 2.75) is 46.1 Å². The molecular formula is C19H32N4. The Morgan fingerprint density at radius 3 is 2.74 bits per heavy atom. The van der Waals surface area contributed by atoms with Crippen LogP contribution in [0.3, 0.4) is 0 Å². The van der Waals surface area contributed by atoms with E-state index in [-0.39, 0.29) is 0 Å². The summed E-state index contributed by atoms with van der Waals surface area (Å²) in [5.41, 5.74) is 3.02. The first-order valence-electron chi connectivity index (χ1n) is 9.14. The number of hydrogen-bond acceptors (Lipinski definition) is 2. The summed E-state index contributed by atoms with van der Waals surface area (Å²) < 4.78 is 0. The lowest BCUT2D eigenvalue weighted by Crippen LogP contribution is -2.38. The molecule has 1 aliphatic rings. The molecule has 0 fully saturated rings. The number of unbranched alkanes of at least 4 members (excludes halogenated alkanes) is 1. The number of fused-ring (bicyclic) bond motifs is 1. The minimum atomic E-state index is 0.888. The minimum absolute atomic E-state index is 0.888. The number of aliphatic imine (C=N–C) groups is 1. The van der Waals surface area contributed by atoms with E-state index in [1.165, 1.54) is 36.9 Å². The van der Waals surface area contributed by atoms with E-state index < -0.39 is 0 Å². The summed E-state index contributed by atoms with van der Waals surface area (Å²) in [6.07, 6.45) is 4.70. The van der Waals surface area contributed by atoms with Gasteiger partial charge in [-0.15, -0.1) is 0 Å². The van der Waals surface area contributed by atoms with Crippen LogP contribution in [0.15, 0.2) is 29.3 Å². The monoisotopic (exact) mass is 316 g/mol. The van der Waals surface area contributed by atoms with Crippen molar-refractivity contribution in [3.8, 4) is 0 Å². The van der Waals surface area contributed by atoms with E-state index >= 15 is 0 Å². The molecule has 128 valence electrons. The molecule has 0 aromatic heterocycles. The first-order chi connectivity index (χ1) is 11.3. The molecule has 1 aliphatic heterocycles. The molecule has 4 heteroatoms. The highest BCUT2D eigenvalue weighted by Crippen LogP contribution is 2.18. The zero-order valence-electron chi connectivity index (χ0n) is 14.8. The van der Waals surface area contributed by atoms with Crippen molar-refractivity contribution in [2.24, 2.45) is 4.99 Å². The van der Waals surface area contributed by atoms with Crippen LogP contribution in [0.4, 0.5) is 0 Å². The molecule has 1 heterocycles. The van der Waals surface area contributed by atoms with Crippen molar-refractivity contribution in [1.29, 1.82) is 0 Å². The van der Waals surface area contributed by atoms with Crippen molar-refractivity contribution in [3.05, 3.63) is 35.4 Å². The fraction of sp³-hybridized carbons (Fsp3) is 0.632. The summed E-state index contributed by atoms with van der Waals surface area (Å²) in [7, 11) is 0. The van der Waals surface area contributed by atoms with Crippen LogP contribution in [0.1, 0.15) is 44.2 Å². The van der Waals surface area contributed by atoms with E-state index in [0.717, 1.165) is 45.1 Å². The normalized spacial score (nSPS) is 15.3. The van der Waals surface area contributed by atoms with E-state index in [1.807, 2.05) is 0 Å². The van der Waals surface area contributed by atoms with E-state index in [4.69, 9.17) is 0 Å². The molecule has 0 saturated carbocycles. The molecule has 0 amide bonds. The third-order valence-electron chi connectivity index (χ3n) is 4.28. The molecule has 2 rings (SSSR count). The van der Waals surface area contributed by atoms with Crippen molar-refractivity contribution >= 4 is 5.96 Å². The molecule has 1 aromatic carbocycles. The van der Waals surface area contributed by atoms with Gasteiger partial charge in [-0.2, -0.15) is 0 Å². The van der Waals surface area contributed by atoms with Crippen LogP contribution >= 0.6 is 0 Å². The Hall–Kier alpha value is -1.55. The number of rotatable bonds is 8. The number of benzene rings is 1. The van der Waals surface area contributed by atoms with Gasteiger partial charge in [-0.25, -0.2) is 0 Å². The molecule has 0 unspecified atom stereocenters. The lowest BCUT2D eigenvalue weighted by atomic mass is 10.00. The van der Waals surface area contributed by atoms with Crippen LogP contribution in [0.2, 0.25) is 0 Å². The third-order valence-corrected chi connectivity index (χ3v) is 4.28. The summed E-state index contributed by atoms with van der Waals surface area (Å²) in [4.78, 5) is 7.23. The summed E-state index contributed by atoms with van der Waals surface area (Å²) in [5, 5.41) is 6.72. The van der Waals surface area contributed by atoms with Crippen molar-refractivity contribution in [2.75, 3.05) is 32.7 Å².